The number of ketones is 1. The zero-order valence-electron chi connectivity index (χ0n) is 17.0. The maximum Gasteiger partial charge on any atom is 0.216 e. The first-order valence-electron chi connectivity index (χ1n) is 9.14. The predicted octanol–water partition coefficient (Wildman–Crippen LogP) is 3.04. The number of nitrogens with two attached hydrogens (primary N) is 1. The highest BCUT2D eigenvalue weighted by Gasteiger charge is 2.17. The highest BCUT2D eigenvalue weighted by atomic mass is 32.2. The zero-order chi connectivity index (χ0) is 21.0. The molecule has 0 bridgehead atoms. The molecule has 9 heteroatoms. The minimum atomic E-state index is 0.0452. The van der Waals surface area contributed by atoms with Crippen molar-refractivity contribution in [3.05, 3.63) is 46.8 Å². The molecule has 0 atom stereocenters. The number of Topliss-reactive ketones (excluding diaryl/α,β-unsaturated/α-hetero) is 1. The van der Waals surface area contributed by atoms with Crippen molar-refractivity contribution in [2.45, 2.75) is 32.0 Å². The van der Waals surface area contributed by atoms with Gasteiger partial charge in [-0.15, -0.1) is 5.10 Å². The van der Waals surface area contributed by atoms with E-state index in [2.05, 4.69) is 19.7 Å². The third-order valence-electron chi connectivity index (χ3n) is 4.76. The number of thioether (sulfide) groups is 1. The minimum absolute atomic E-state index is 0.0452. The average Bonchev–Trinajstić information content (AvgIpc) is 3.26. The molecular formula is C20H25N5O3S. The number of rotatable bonds is 9. The predicted molar refractivity (Wildman–Crippen MR) is 113 cm³/mol. The number of nitrogens with one attached hydrogen (secondary N) is 1. The van der Waals surface area contributed by atoms with E-state index in [0.29, 0.717) is 16.7 Å². The first-order valence-corrected chi connectivity index (χ1v) is 10.1. The topological polar surface area (TPSA) is 108 Å². The summed E-state index contributed by atoms with van der Waals surface area (Å²) in [6, 6.07) is 7.86. The molecule has 1 aromatic carbocycles. The Labute approximate surface area is 173 Å². The van der Waals surface area contributed by atoms with Crippen molar-refractivity contribution in [3.63, 3.8) is 0 Å². The number of carbonyl (C=O) groups is 1. The van der Waals surface area contributed by atoms with Crippen LogP contribution < -0.4 is 15.2 Å². The number of aromatic amines is 1. The van der Waals surface area contributed by atoms with Gasteiger partial charge >= 0.3 is 0 Å². The molecule has 0 aliphatic heterocycles. The molecule has 29 heavy (non-hydrogen) atoms. The fourth-order valence-corrected chi connectivity index (χ4v) is 3.92. The SMILES string of the molecule is COc1ccc(CCn2c(C)cc(C(=O)CSc3n[nH]c(N)n3)c2C)cc1OC. The second kappa shape index (κ2) is 9.04. The Morgan fingerprint density at radius 3 is 2.62 bits per heavy atom. The lowest BCUT2D eigenvalue weighted by Gasteiger charge is -2.12. The maximum absolute atomic E-state index is 12.7. The van der Waals surface area contributed by atoms with Gasteiger partial charge in [0, 0.05) is 23.5 Å². The second-order valence-electron chi connectivity index (χ2n) is 6.59. The van der Waals surface area contributed by atoms with Crippen molar-refractivity contribution >= 4 is 23.5 Å². The molecule has 0 aliphatic carbocycles. The second-order valence-corrected chi connectivity index (χ2v) is 7.53. The molecule has 0 fully saturated rings. The van der Waals surface area contributed by atoms with Crippen LogP contribution in [0.25, 0.3) is 0 Å². The van der Waals surface area contributed by atoms with Crippen LogP contribution in [0.2, 0.25) is 0 Å². The summed E-state index contributed by atoms with van der Waals surface area (Å²) in [6.07, 6.45) is 0.815. The molecule has 2 heterocycles. The van der Waals surface area contributed by atoms with Crippen LogP contribution in [0.1, 0.15) is 27.3 Å². The number of methoxy groups -OCH3 is 2. The van der Waals surface area contributed by atoms with E-state index in [1.807, 2.05) is 38.1 Å². The summed E-state index contributed by atoms with van der Waals surface area (Å²) in [5, 5.41) is 6.98. The molecule has 3 rings (SSSR count). The molecule has 0 unspecified atom stereocenters. The molecule has 3 aromatic rings. The summed E-state index contributed by atoms with van der Waals surface area (Å²) in [4.78, 5) is 16.7. The van der Waals surface area contributed by atoms with Gasteiger partial charge in [-0.2, -0.15) is 4.98 Å². The Balaban J connectivity index is 1.68. The zero-order valence-corrected chi connectivity index (χ0v) is 17.8. The standard InChI is InChI=1S/C20H25N5O3S/c1-12-9-15(16(26)11-29-20-22-19(21)23-24-20)13(2)25(12)8-7-14-5-6-17(27-3)18(10-14)28-4/h5-6,9-10H,7-8,11H2,1-4H3,(H3,21,22,23,24). The van der Waals surface area contributed by atoms with Crippen LogP contribution in [-0.2, 0) is 13.0 Å². The summed E-state index contributed by atoms with van der Waals surface area (Å²) in [5.41, 5.74) is 9.40. The number of ether oxygens (including phenoxy) is 2. The smallest absolute Gasteiger partial charge is 0.216 e. The van der Waals surface area contributed by atoms with Gasteiger partial charge in [0.15, 0.2) is 17.3 Å². The van der Waals surface area contributed by atoms with Crippen molar-refractivity contribution in [1.29, 1.82) is 0 Å². The van der Waals surface area contributed by atoms with Crippen LogP contribution in [0.3, 0.4) is 0 Å². The van der Waals surface area contributed by atoms with E-state index in [-0.39, 0.29) is 17.5 Å². The van der Waals surface area contributed by atoms with Crippen molar-refractivity contribution < 1.29 is 14.3 Å². The maximum atomic E-state index is 12.7. The Morgan fingerprint density at radius 1 is 1.21 bits per heavy atom. The van der Waals surface area contributed by atoms with Crippen molar-refractivity contribution in [3.8, 4) is 11.5 Å². The lowest BCUT2D eigenvalue weighted by molar-refractivity contribution is 0.102. The highest BCUT2D eigenvalue weighted by molar-refractivity contribution is 7.99. The summed E-state index contributed by atoms with van der Waals surface area (Å²) in [7, 11) is 3.25. The monoisotopic (exact) mass is 415 g/mol. The number of H-pyrrole nitrogens is 1. The number of carbonyl (C=O) groups excluding carboxylic acids is 1. The van der Waals surface area contributed by atoms with Crippen molar-refractivity contribution in [1.82, 2.24) is 19.7 Å². The lowest BCUT2D eigenvalue weighted by Crippen LogP contribution is -2.08. The van der Waals surface area contributed by atoms with Crippen LogP contribution in [0.5, 0.6) is 11.5 Å². The number of hydrogen-bond acceptors (Lipinski definition) is 7. The molecular weight excluding hydrogens is 390 g/mol. The number of benzene rings is 1. The van der Waals surface area contributed by atoms with Crippen LogP contribution in [0.15, 0.2) is 29.4 Å². The molecule has 154 valence electrons. The Morgan fingerprint density at radius 2 is 1.97 bits per heavy atom. The van der Waals surface area contributed by atoms with Crippen LogP contribution in [-0.4, -0.2) is 45.5 Å². The number of aryl methyl sites for hydroxylation is 2. The average molecular weight is 416 g/mol. The van der Waals surface area contributed by atoms with Crippen LogP contribution >= 0.6 is 11.8 Å². The van der Waals surface area contributed by atoms with Gasteiger partial charge < -0.3 is 19.8 Å². The van der Waals surface area contributed by atoms with Gasteiger partial charge in [0.1, 0.15) is 0 Å². The van der Waals surface area contributed by atoms with E-state index in [9.17, 15) is 4.79 Å². The number of nitrogens with zero attached hydrogens (tertiary/aromatic N) is 3. The summed E-state index contributed by atoms with van der Waals surface area (Å²) < 4.78 is 12.8. The van der Waals surface area contributed by atoms with Crippen molar-refractivity contribution in [2.75, 3.05) is 25.7 Å². The van der Waals surface area contributed by atoms with Gasteiger partial charge in [-0.25, -0.2) is 5.10 Å². The molecule has 0 saturated carbocycles. The summed E-state index contributed by atoms with van der Waals surface area (Å²) >= 11 is 1.27. The third-order valence-corrected chi connectivity index (χ3v) is 5.61. The summed E-state index contributed by atoms with van der Waals surface area (Å²) in [6.45, 7) is 4.76. The molecule has 0 spiro atoms. The molecule has 3 N–H and O–H groups in total. The fourth-order valence-electron chi connectivity index (χ4n) is 3.24. The van der Waals surface area contributed by atoms with Gasteiger partial charge in [0.25, 0.3) is 0 Å². The number of anilines is 1. The van der Waals surface area contributed by atoms with Gasteiger partial charge in [-0.3, -0.25) is 4.79 Å². The lowest BCUT2D eigenvalue weighted by atomic mass is 10.1. The van der Waals surface area contributed by atoms with Gasteiger partial charge in [-0.1, -0.05) is 17.8 Å². The van der Waals surface area contributed by atoms with Crippen molar-refractivity contribution in [2.24, 2.45) is 0 Å². The number of nitrogen functional groups attached to an aromatic ring is 1. The summed E-state index contributed by atoms with van der Waals surface area (Å²) in [5.74, 6) is 1.98. The van der Waals surface area contributed by atoms with Gasteiger partial charge in [0.05, 0.1) is 20.0 Å². The largest absolute Gasteiger partial charge is 0.493 e. The molecule has 8 nitrogen and oxygen atoms in total. The van der Waals surface area contributed by atoms with Crippen LogP contribution in [0, 0.1) is 13.8 Å². The van der Waals surface area contributed by atoms with E-state index in [1.165, 1.54) is 11.8 Å². The quantitative estimate of drug-likeness (QED) is 0.408. The van der Waals surface area contributed by atoms with E-state index in [0.717, 1.165) is 35.5 Å². The Kier molecular flexibility index (Phi) is 6.48. The van der Waals surface area contributed by atoms with E-state index >= 15 is 0 Å². The third kappa shape index (κ3) is 4.73. The normalized spacial score (nSPS) is 10.9. The van der Waals surface area contributed by atoms with E-state index < -0.39 is 0 Å². The molecule has 0 aliphatic rings. The number of hydrogen-bond donors (Lipinski definition) is 2. The Bertz CT molecular complexity index is 1010. The fraction of sp³-hybridized carbons (Fsp3) is 0.350. The van der Waals surface area contributed by atoms with E-state index in [4.69, 9.17) is 15.2 Å². The molecule has 2 aromatic heterocycles. The first-order chi connectivity index (χ1) is 13.9. The molecule has 0 saturated heterocycles. The minimum Gasteiger partial charge on any atom is -0.493 e. The molecule has 0 radical (unpaired) electrons. The highest BCUT2D eigenvalue weighted by Crippen LogP contribution is 2.28. The van der Waals surface area contributed by atoms with E-state index in [1.54, 1.807) is 14.2 Å². The number of aromatic nitrogens is 4. The Hall–Kier alpha value is -2.94. The van der Waals surface area contributed by atoms with Gasteiger partial charge in [-0.05, 0) is 44.0 Å². The first kappa shape index (κ1) is 20.8. The van der Waals surface area contributed by atoms with Crippen LogP contribution in [0.4, 0.5) is 5.95 Å². The molecule has 0 amide bonds. The van der Waals surface area contributed by atoms with Gasteiger partial charge in [0.2, 0.25) is 11.1 Å².